The summed E-state index contributed by atoms with van der Waals surface area (Å²) in [6.45, 7) is 4.26. The van der Waals surface area contributed by atoms with E-state index >= 15 is 0 Å². The normalized spacial score (nSPS) is 23.6. The molecule has 1 amide bonds. The molecule has 1 aliphatic heterocycles. The van der Waals surface area contributed by atoms with Crippen LogP contribution in [-0.4, -0.2) is 49.4 Å². The van der Waals surface area contributed by atoms with Crippen molar-refractivity contribution < 1.29 is 4.79 Å². The van der Waals surface area contributed by atoms with E-state index in [2.05, 4.69) is 6.92 Å². The highest BCUT2D eigenvalue weighted by molar-refractivity contribution is 6.30. The number of likely N-dealkylation sites (N-methyl/N-ethyl adjacent to an activating group) is 1. The molecule has 0 aromatic heterocycles. The minimum atomic E-state index is -0.302. The van der Waals surface area contributed by atoms with Crippen LogP contribution in [0.2, 0.25) is 5.02 Å². The first-order chi connectivity index (χ1) is 9.86. The molecule has 0 bridgehead atoms. The van der Waals surface area contributed by atoms with E-state index in [1.807, 2.05) is 48.2 Å². The van der Waals surface area contributed by atoms with Crippen molar-refractivity contribution in [2.75, 3.05) is 33.7 Å². The Morgan fingerprint density at radius 3 is 2.76 bits per heavy atom. The van der Waals surface area contributed by atoms with E-state index < -0.39 is 0 Å². The molecule has 21 heavy (non-hydrogen) atoms. The van der Waals surface area contributed by atoms with Crippen LogP contribution in [0.15, 0.2) is 24.3 Å². The van der Waals surface area contributed by atoms with E-state index in [0.717, 1.165) is 25.1 Å². The van der Waals surface area contributed by atoms with Crippen molar-refractivity contribution in [3.63, 3.8) is 0 Å². The number of hydrogen-bond donors (Lipinski definition) is 1. The second-order valence-corrected chi connectivity index (χ2v) is 6.88. The van der Waals surface area contributed by atoms with Gasteiger partial charge < -0.3 is 10.6 Å². The maximum Gasteiger partial charge on any atom is 0.244 e. The molecule has 1 aromatic rings. The van der Waals surface area contributed by atoms with E-state index in [-0.39, 0.29) is 17.4 Å². The van der Waals surface area contributed by atoms with Crippen LogP contribution in [0.25, 0.3) is 0 Å². The largest absolute Gasteiger partial charge is 0.340 e. The van der Waals surface area contributed by atoms with E-state index in [1.165, 1.54) is 0 Å². The number of likely N-dealkylation sites (tertiary alicyclic amines) is 1. The second kappa shape index (κ2) is 6.34. The number of nitrogens with zero attached hydrogens (tertiary/aromatic N) is 2. The van der Waals surface area contributed by atoms with Crippen molar-refractivity contribution in [2.24, 2.45) is 11.1 Å². The molecule has 0 aliphatic carbocycles. The summed E-state index contributed by atoms with van der Waals surface area (Å²) in [5, 5.41) is 0.653. The molecule has 0 radical (unpaired) electrons. The molecule has 1 saturated heterocycles. The highest BCUT2D eigenvalue weighted by atomic mass is 35.5. The number of carbonyl (C=O) groups excluding carboxylic acids is 1. The number of carbonyl (C=O) groups is 1. The van der Waals surface area contributed by atoms with Gasteiger partial charge in [-0.05, 0) is 50.2 Å². The zero-order valence-electron chi connectivity index (χ0n) is 13.0. The van der Waals surface area contributed by atoms with Gasteiger partial charge in [-0.15, -0.1) is 0 Å². The quantitative estimate of drug-likeness (QED) is 0.927. The Hall–Kier alpha value is -1.10. The highest BCUT2D eigenvalue weighted by Crippen LogP contribution is 2.32. The Morgan fingerprint density at radius 1 is 1.52 bits per heavy atom. The average Bonchev–Trinajstić information content (AvgIpc) is 2.82. The summed E-state index contributed by atoms with van der Waals surface area (Å²) in [6.07, 6.45) is 0.963. The third-order valence-corrected chi connectivity index (χ3v) is 4.51. The highest BCUT2D eigenvalue weighted by Gasteiger charge is 2.38. The van der Waals surface area contributed by atoms with Gasteiger partial charge >= 0.3 is 0 Å². The van der Waals surface area contributed by atoms with Crippen molar-refractivity contribution in [1.82, 2.24) is 9.80 Å². The van der Waals surface area contributed by atoms with E-state index in [4.69, 9.17) is 17.3 Å². The smallest absolute Gasteiger partial charge is 0.244 e. The molecule has 0 saturated carbocycles. The van der Waals surface area contributed by atoms with Gasteiger partial charge in [0.15, 0.2) is 0 Å². The molecule has 2 N–H and O–H groups in total. The fourth-order valence-electron chi connectivity index (χ4n) is 2.89. The number of halogens is 1. The minimum absolute atomic E-state index is 0.0425. The molecule has 4 nitrogen and oxygen atoms in total. The number of nitrogens with two attached hydrogens (primary N) is 1. The van der Waals surface area contributed by atoms with Crippen LogP contribution in [0.3, 0.4) is 0 Å². The van der Waals surface area contributed by atoms with Gasteiger partial charge in [-0.1, -0.05) is 30.7 Å². The lowest BCUT2D eigenvalue weighted by Crippen LogP contribution is -2.41. The van der Waals surface area contributed by atoms with Crippen LogP contribution in [0.4, 0.5) is 0 Å². The van der Waals surface area contributed by atoms with Gasteiger partial charge in [-0.25, -0.2) is 0 Å². The maximum absolute atomic E-state index is 12.9. The van der Waals surface area contributed by atoms with Gasteiger partial charge in [0.2, 0.25) is 5.91 Å². The first kappa shape index (κ1) is 16.3. The van der Waals surface area contributed by atoms with Crippen LogP contribution in [0, 0.1) is 5.41 Å². The average molecular weight is 310 g/mol. The molecule has 2 rings (SSSR count). The van der Waals surface area contributed by atoms with Crippen LogP contribution >= 0.6 is 11.6 Å². The predicted molar refractivity (Wildman–Crippen MR) is 86.2 cm³/mol. The molecule has 1 aromatic carbocycles. The summed E-state index contributed by atoms with van der Waals surface area (Å²) in [7, 11) is 3.84. The molecule has 1 fully saturated rings. The standard InChI is InChI=1S/C16H24ClN3O/c1-16(10-18)7-8-20(11-16)15(21)14(19(2)3)12-5-4-6-13(17)9-12/h4-6,9,14H,7-8,10-11,18H2,1-3H3. The summed E-state index contributed by atoms with van der Waals surface area (Å²) < 4.78 is 0. The molecule has 2 atom stereocenters. The van der Waals surface area contributed by atoms with Crippen molar-refractivity contribution in [3.8, 4) is 0 Å². The van der Waals surface area contributed by atoms with Gasteiger partial charge in [0.1, 0.15) is 6.04 Å². The van der Waals surface area contributed by atoms with Crippen LogP contribution < -0.4 is 5.73 Å². The second-order valence-electron chi connectivity index (χ2n) is 6.45. The maximum atomic E-state index is 12.9. The predicted octanol–water partition coefficient (Wildman–Crippen LogP) is 2.14. The summed E-state index contributed by atoms with van der Waals surface area (Å²) in [4.78, 5) is 16.8. The van der Waals surface area contributed by atoms with Gasteiger partial charge in [0, 0.05) is 18.1 Å². The van der Waals surface area contributed by atoms with E-state index in [1.54, 1.807) is 0 Å². The number of rotatable bonds is 4. The zero-order chi connectivity index (χ0) is 15.6. The Morgan fingerprint density at radius 2 is 2.24 bits per heavy atom. The van der Waals surface area contributed by atoms with E-state index in [0.29, 0.717) is 11.6 Å². The Labute approximate surface area is 131 Å². The summed E-state index contributed by atoms with van der Waals surface area (Å²) in [6, 6.07) is 7.22. The first-order valence-electron chi connectivity index (χ1n) is 7.27. The number of amides is 1. The molecule has 2 unspecified atom stereocenters. The van der Waals surface area contributed by atoms with Crippen LogP contribution in [-0.2, 0) is 4.79 Å². The van der Waals surface area contributed by atoms with Crippen molar-refractivity contribution in [2.45, 2.75) is 19.4 Å². The third kappa shape index (κ3) is 3.57. The molecular weight excluding hydrogens is 286 g/mol. The van der Waals surface area contributed by atoms with Gasteiger partial charge in [0.05, 0.1) is 0 Å². The van der Waals surface area contributed by atoms with Crippen LogP contribution in [0.5, 0.6) is 0 Å². The fourth-order valence-corrected chi connectivity index (χ4v) is 3.09. The molecule has 1 aliphatic rings. The van der Waals surface area contributed by atoms with Gasteiger partial charge in [-0.3, -0.25) is 9.69 Å². The Balaban J connectivity index is 2.22. The lowest BCUT2D eigenvalue weighted by atomic mass is 9.90. The molecule has 5 heteroatoms. The number of hydrogen-bond acceptors (Lipinski definition) is 3. The van der Waals surface area contributed by atoms with Crippen molar-refractivity contribution in [3.05, 3.63) is 34.9 Å². The topological polar surface area (TPSA) is 49.6 Å². The third-order valence-electron chi connectivity index (χ3n) is 4.28. The number of benzene rings is 1. The SMILES string of the molecule is CN(C)C(C(=O)N1CCC(C)(CN)C1)c1cccc(Cl)c1. The molecule has 0 spiro atoms. The Bertz CT molecular complexity index is 520. The molecular formula is C16H24ClN3O. The first-order valence-corrected chi connectivity index (χ1v) is 7.65. The lowest BCUT2D eigenvalue weighted by molar-refractivity contribution is -0.135. The lowest BCUT2D eigenvalue weighted by Gasteiger charge is -2.30. The zero-order valence-corrected chi connectivity index (χ0v) is 13.7. The van der Waals surface area contributed by atoms with Crippen LogP contribution in [0.1, 0.15) is 24.9 Å². The molecule has 1 heterocycles. The summed E-state index contributed by atoms with van der Waals surface area (Å²) in [5.74, 6) is 0.124. The molecule has 116 valence electrons. The minimum Gasteiger partial charge on any atom is -0.340 e. The van der Waals surface area contributed by atoms with Crippen molar-refractivity contribution >= 4 is 17.5 Å². The van der Waals surface area contributed by atoms with Gasteiger partial charge in [0.25, 0.3) is 0 Å². The fraction of sp³-hybridized carbons (Fsp3) is 0.562. The van der Waals surface area contributed by atoms with Gasteiger partial charge in [-0.2, -0.15) is 0 Å². The summed E-state index contributed by atoms with van der Waals surface area (Å²) in [5.41, 5.74) is 6.80. The Kier molecular flexibility index (Phi) is 4.91. The van der Waals surface area contributed by atoms with Crippen molar-refractivity contribution in [1.29, 1.82) is 0 Å². The van der Waals surface area contributed by atoms with E-state index in [9.17, 15) is 4.79 Å². The summed E-state index contributed by atoms with van der Waals surface area (Å²) >= 11 is 6.07. The monoisotopic (exact) mass is 309 g/mol.